The van der Waals surface area contributed by atoms with Gasteiger partial charge in [-0.3, -0.25) is 4.79 Å². The normalized spacial score (nSPS) is 19.4. The van der Waals surface area contributed by atoms with Crippen molar-refractivity contribution in [2.75, 3.05) is 7.11 Å². The molecule has 0 heterocycles. The third-order valence-electron chi connectivity index (χ3n) is 4.35. The summed E-state index contributed by atoms with van der Waals surface area (Å²) in [6.07, 6.45) is 20.0. The van der Waals surface area contributed by atoms with E-state index in [-0.39, 0.29) is 5.91 Å². The third kappa shape index (κ3) is 20.9. The maximum absolute atomic E-state index is 10.8. The summed E-state index contributed by atoms with van der Waals surface area (Å²) in [5, 5.41) is 9.84. The van der Waals surface area contributed by atoms with Crippen molar-refractivity contribution in [1.29, 1.82) is 0 Å². The number of carbonyl (C=O) groups is 1. The maximum atomic E-state index is 10.8. The number of aliphatic hydroxyl groups excluding tert-OH is 1. The number of hydrogen-bond acceptors (Lipinski definition) is 2. The van der Waals surface area contributed by atoms with Crippen LogP contribution in [0.1, 0.15) is 88.0 Å². The minimum Gasteiger partial charge on any atom is -0.400 e. The molecule has 0 saturated carbocycles. The number of rotatable bonds is 3. The first-order chi connectivity index (χ1) is 14.3. The standard InChI is InChI=1S/C10H15NO.C8H14.C6H10.C2H6.CH4O/c1-7-4-5-8(2)10(6-7)11-9(3)12;1-4-6-7-8(3)5-2;1-6-4-2-3-5-6;2*1-2/h4,6,8H,5H2,1-3H3,(H,11,12);5-7H,4H2,1-3H3;2,4,6H,3,5H2,1H3;1-2H3;2H,1H3/b;7-6-,8-5-;;;/t;;6-;;/m..0../s1. The summed E-state index contributed by atoms with van der Waals surface area (Å²) in [5.41, 5.74) is 3.62. The van der Waals surface area contributed by atoms with Gasteiger partial charge < -0.3 is 10.4 Å². The Balaban J connectivity index is -0.000000353. The van der Waals surface area contributed by atoms with Crippen LogP contribution >= 0.6 is 0 Å². The van der Waals surface area contributed by atoms with Gasteiger partial charge >= 0.3 is 0 Å². The van der Waals surface area contributed by atoms with Crippen LogP contribution in [0.2, 0.25) is 0 Å². The molecule has 0 spiro atoms. The molecule has 0 bridgehead atoms. The zero-order chi connectivity index (χ0) is 23.9. The molecule has 2 N–H and O–H groups in total. The zero-order valence-electron chi connectivity index (χ0n) is 21.4. The van der Waals surface area contributed by atoms with E-state index in [0.717, 1.165) is 31.6 Å². The van der Waals surface area contributed by atoms with Gasteiger partial charge in [0.15, 0.2) is 0 Å². The summed E-state index contributed by atoms with van der Waals surface area (Å²) >= 11 is 0. The van der Waals surface area contributed by atoms with Gasteiger partial charge in [-0.1, -0.05) is 82.2 Å². The summed E-state index contributed by atoms with van der Waals surface area (Å²) in [4.78, 5) is 10.8. The van der Waals surface area contributed by atoms with Crippen LogP contribution in [0.5, 0.6) is 0 Å². The summed E-state index contributed by atoms with van der Waals surface area (Å²) in [5.74, 6) is 1.32. The van der Waals surface area contributed by atoms with Gasteiger partial charge in [-0.15, -0.1) is 0 Å². The van der Waals surface area contributed by atoms with Crippen LogP contribution in [-0.4, -0.2) is 18.1 Å². The van der Waals surface area contributed by atoms with Crippen molar-refractivity contribution in [3.05, 3.63) is 59.4 Å². The lowest BCUT2D eigenvalue weighted by atomic mass is 9.95. The smallest absolute Gasteiger partial charge is 0.221 e. The average Bonchev–Trinajstić information content (AvgIpc) is 3.23. The Morgan fingerprint density at radius 3 is 2.20 bits per heavy atom. The van der Waals surface area contributed by atoms with E-state index in [1.165, 1.54) is 24.0 Å². The first-order valence-electron chi connectivity index (χ1n) is 11.4. The molecular weight excluding hydrogens is 370 g/mol. The highest BCUT2D eigenvalue weighted by molar-refractivity contribution is 5.75. The molecular formula is C27H49NO2. The summed E-state index contributed by atoms with van der Waals surface area (Å²) in [6, 6.07) is 0. The summed E-state index contributed by atoms with van der Waals surface area (Å²) in [7, 11) is 1.00. The largest absolute Gasteiger partial charge is 0.400 e. The van der Waals surface area contributed by atoms with Gasteiger partial charge in [-0.25, -0.2) is 0 Å². The number of allylic oxidation sites excluding steroid dienone is 10. The molecule has 0 aromatic carbocycles. The molecule has 3 nitrogen and oxygen atoms in total. The zero-order valence-corrected chi connectivity index (χ0v) is 21.4. The van der Waals surface area contributed by atoms with Crippen molar-refractivity contribution in [2.45, 2.75) is 88.0 Å². The maximum Gasteiger partial charge on any atom is 0.221 e. The quantitative estimate of drug-likeness (QED) is 0.367. The Bertz CT molecular complexity index is 565. The summed E-state index contributed by atoms with van der Waals surface area (Å²) < 4.78 is 0. The van der Waals surface area contributed by atoms with Crippen LogP contribution in [-0.2, 0) is 4.79 Å². The molecule has 0 aromatic heterocycles. The molecule has 0 radical (unpaired) electrons. The molecule has 0 aromatic rings. The SMILES string of the molecule is C/C=C(C)\C=C/CC.CC.CC(=O)NC1=CC(C)=CCC1C.CO.C[C@H]1C=CCC1. The molecule has 1 unspecified atom stereocenters. The molecule has 2 rings (SSSR count). The predicted molar refractivity (Wildman–Crippen MR) is 135 cm³/mol. The first-order valence-corrected chi connectivity index (χ1v) is 11.4. The highest BCUT2D eigenvalue weighted by Gasteiger charge is 2.12. The fourth-order valence-electron chi connectivity index (χ4n) is 2.48. The highest BCUT2D eigenvalue weighted by atomic mass is 16.2. The monoisotopic (exact) mass is 419 g/mol. The fraction of sp³-hybridized carbons (Fsp3) is 0.593. The minimum atomic E-state index is 0.0165. The van der Waals surface area contributed by atoms with Crippen LogP contribution in [0.4, 0.5) is 0 Å². The van der Waals surface area contributed by atoms with E-state index in [0.29, 0.717) is 5.92 Å². The van der Waals surface area contributed by atoms with Gasteiger partial charge in [-0.05, 0) is 64.4 Å². The van der Waals surface area contributed by atoms with Crippen molar-refractivity contribution in [3.8, 4) is 0 Å². The average molecular weight is 420 g/mol. The number of aliphatic hydroxyl groups is 1. The Morgan fingerprint density at radius 2 is 1.83 bits per heavy atom. The van der Waals surface area contributed by atoms with E-state index in [4.69, 9.17) is 5.11 Å². The van der Waals surface area contributed by atoms with Gasteiger partial charge in [0.05, 0.1) is 0 Å². The van der Waals surface area contributed by atoms with E-state index < -0.39 is 0 Å². The van der Waals surface area contributed by atoms with Crippen molar-refractivity contribution < 1.29 is 9.90 Å². The molecule has 30 heavy (non-hydrogen) atoms. The molecule has 1 amide bonds. The lowest BCUT2D eigenvalue weighted by Crippen LogP contribution is -2.24. The van der Waals surface area contributed by atoms with Crippen LogP contribution in [0.25, 0.3) is 0 Å². The van der Waals surface area contributed by atoms with E-state index in [9.17, 15) is 4.79 Å². The van der Waals surface area contributed by atoms with Gasteiger partial charge in [-0.2, -0.15) is 0 Å². The Hall–Kier alpha value is -1.87. The summed E-state index contributed by atoms with van der Waals surface area (Å²) in [6.45, 7) is 18.3. The Morgan fingerprint density at radius 1 is 1.23 bits per heavy atom. The molecule has 2 aliphatic rings. The predicted octanol–water partition coefficient (Wildman–Crippen LogP) is 7.52. The van der Waals surface area contributed by atoms with Crippen molar-refractivity contribution >= 4 is 5.91 Å². The highest BCUT2D eigenvalue weighted by Crippen LogP contribution is 2.20. The third-order valence-corrected chi connectivity index (χ3v) is 4.35. The topological polar surface area (TPSA) is 49.3 Å². The molecule has 2 atom stereocenters. The number of carbonyl (C=O) groups excluding carboxylic acids is 1. The molecule has 3 heteroatoms. The fourth-order valence-corrected chi connectivity index (χ4v) is 2.48. The van der Waals surface area contributed by atoms with Gasteiger partial charge in [0.1, 0.15) is 0 Å². The lowest BCUT2D eigenvalue weighted by molar-refractivity contribution is -0.118. The molecule has 174 valence electrons. The first kappa shape index (κ1) is 32.8. The lowest BCUT2D eigenvalue weighted by Gasteiger charge is -2.19. The van der Waals surface area contributed by atoms with E-state index in [1.54, 1.807) is 6.92 Å². The Kier molecular flexibility index (Phi) is 25.6. The molecule has 0 saturated heterocycles. The van der Waals surface area contributed by atoms with Crippen molar-refractivity contribution in [1.82, 2.24) is 5.32 Å². The molecule has 2 aliphatic carbocycles. The minimum absolute atomic E-state index is 0.0165. The van der Waals surface area contributed by atoms with Gasteiger partial charge in [0.25, 0.3) is 0 Å². The van der Waals surface area contributed by atoms with E-state index in [1.807, 2.05) is 26.8 Å². The number of amides is 1. The van der Waals surface area contributed by atoms with Crippen LogP contribution < -0.4 is 5.32 Å². The van der Waals surface area contributed by atoms with Gasteiger partial charge in [0.2, 0.25) is 5.91 Å². The second-order valence-corrected chi connectivity index (χ2v) is 7.19. The van der Waals surface area contributed by atoms with Crippen LogP contribution in [0.15, 0.2) is 59.4 Å². The van der Waals surface area contributed by atoms with Crippen LogP contribution in [0.3, 0.4) is 0 Å². The Labute approximate surface area is 187 Å². The van der Waals surface area contributed by atoms with Crippen molar-refractivity contribution in [3.63, 3.8) is 0 Å². The van der Waals surface area contributed by atoms with Gasteiger partial charge in [0, 0.05) is 19.7 Å². The molecule has 0 aliphatic heterocycles. The second-order valence-electron chi connectivity index (χ2n) is 7.19. The number of hydrogen-bond donors (Lipinski definition) is 2. The van der Waals surface area contributed by atoms with Crippen LogP contribution in [0, 0.1) is 11.8 Å². The second kappa shape index (κ2) is 23.4. The van der Waals surface area contributed by atoms with Crippen molar-refractivity contribution in [2.24, 2.45) is 11.8 Å². The van der Waals surface area contributed by atoms with E-state index in [2.05, 4.69) is 76.4 Å². The van der Waals surface area contributed by atoms with E-state index >= 15 is 0 Å². The number of nitrogens with one attached hydrogen (secondary N) is 1. The molecule has 0 fully saturated rings.